The number of amides is 2. The van der Waals surface area contributed by atoms with Crippen molar-refractivity contribution in [3.05, 3.63) is 65.8 Å². The van der Waals surface area contributed by atoms with Crippen LogP contribution in [-0.4, -0.2) is 24.2 Å². The Kier molecular flexibility index (Phi) is 5.13. The number of urea groups is 1. The summed E-state index contributed by atoms with van der Waals surface area (Å²) in [6.07, 6.45) is 1.75. The van der Waals surface area contributed by atoms with Crippen LogP contribution < -0.4 is 15.4 Å². The van der Waals surface area contributed by atoms with E-state index in [4.69, 9.17) is 16.3 Å². The molecule has 24 heavy (non-hydrogen) atoms. The molecule has 2 N–H and O–H groups in total. The first kappa shape index (κ1) is 16.1. The van der Waals surface area contributed by atoms with Crippen molar-refractivity contribution in [3.8, 4) is 5.75 Å². The number of aromatic nitrogens is 1. The molecule has 6 heteroatoms. The van der Waals surface area contributed by atoms with Gasteiger partial charge in [0.2, 0.25) is 0 Å². The van der Waals surface area contributed by atoms with Gasteiger partial charge in [-0.15, -0.1) is 0 Å². The quantitative estimate of drug-likeness (QED) is 0.687. The lowest BCUT2D eigenvalue weighted by atomic mass is 10.2. The molecule has 1 aromatic heterocycles. The molecule has 0 fully saturated rings. The monoisotopic (exact) mass is 341 g/mol. The number of carbonyl (C=O) groups is 1. The van der Waals surface area contributed by atoms with Crippen LogP contribution in [0.4, 0.5) is 10.5 Å². The van der Waals surface area contributed by atoms with Crippen molar-refractivity contribution in [3.63, 3.8) is 0 Å². The van der Waals surface area contributed by atoms with E-state index >= 15 is 0 Å². The molecule has 0 saturated carbocycles. The number of fused-ring (bicyclic) bond motifs is 1. The number of ether oxygens (including phenoxy) is 1. The number of halogens is 1. The largest absolute Gasteiger partial charge is 0.492 e. The van der Waals surface area contributed by atoms with E-state index in [0.717, 1.165) is 16.7 Å². The fourth-order valence-corrected chi connectivity index (χ4v) is 2.39. The van der Waals surface area contributed by atoms with E-state index < -0.39 is 0 Å². The van der Waals surface area contributed by atoms with Gasteiger partial charge < -0.3 is 15.4 Å². The van der Waals surface area contributed by atoms with Gasteiger partial charge in [0.05, 0.1) is 22.8 Å². The summed E-state index contributed by atoms with van der Waals surface area (Å²) >= 11 is 5.99. The summed E-state index contributed by atoms with van der Waals surface area (Å²) in [4.78, 5) is 16.1. The molecule has 3 rings (SSSR count). The van der Waals surface area contributed by atoms with Crippen LogP contribution in [0.3, 0.4) is 0 Å². The maximum atomic E-state index is 11.8. The second-order valence-corrected chi connectivity index (χ2v) is 5.47. The molecule has 0 aliphatic rings. The minimum atomic E-state index is -0.325. The van der Waals surface area contributed by atoms with E-state index in [-0.39, 0.29) is 6.03 Å². The number of para-hydroxylation sites is 1. The Morgan fingerprint density at radius 1 is 1.12 bits per heavy atom. The average molecular weight is 342 g/mol. The van der Waals surface area contributed by atoms with Gasteiger partial charge in [-0.3, -0.25) is 4.98 Å². The van der Waals surface area contributed by atoms with E-state index in [1.165, 1.54) is 0 Å². The van der Waals surface area contributed by atoms with Crippen molar-refractivity contribution in [2.45, 2.75) is 0 Å². The predicted octanol–water partition coefficient (Wildman–Crippen LogP) is 4.09. The third kappa shape index (κ3) is 4.14. The SMILES string of the molecule is O=C(NCCOc1ccc2ncccc2c1)Nc1ccccc1Cl. The van der Waals surface area contributed by atoms with Crippen molar-refractivity contribution in [2.75, 3.05) is 18.5 Å². The highest BCUT2D eigenvalue weighted by Crippen LogP contribution is 2.20. The molecule has 0 aliphatic carbocycles. The number of nitrogens with zero attached hydrogens (tertiary/aromatic N) is 1. The second-order valence-electron chi connectivity index (χ2n) is 5.07. The predicted molar refractivity (Wildman–Crippen MR) is 95.7 cm³/mol. The van der Waals surface area contributed by atoms with Gasteiger partial charge in [-0.25, -0.2) is 4.79 Å². The van der Waals surface area contributed by atoms with Crippen molar-refractivity contribution in [1.29, 1.82) is 0 Å². The molecule has 2 amide bonds. The summed E-state index contributed by atoms with van der Waals surface area (Å²) in [5.41, 5.74) is 1.49. The normalized spacial score (nSPS) is 10.4. The van der Waals surface area contributed by atoms with Crippen LogP contribution in [0.25, 0.3) is 10.9 Å². The molecule has 5 nitrogen and oxygen atoms in total. The average Bonchev–Trinajstić information content (AvgIpc) is 2.60. The lowest BCUT2D eigenvalue weighted by Gasteiger charge is -2.10. The van der Waals surface area contributed by atoms with E-state index in [1.807, 2.05) is 30.3 Å². The fraction of sp³-hybridized carbons (Fsp3) is 0.111. The molecule has 0 saturated heterocycles. The minimum Gasteiger partial charge on any atom is -0.492 e. The summed E-state index contributed by atoms with van der Waals surface area (Å²) in [5, 5.41) is 6.91. The Bertz CT molecular complexity index is 854. The van der Waals surface area contributed by atoms with Gasteiger partial charge in [0.15, 0.2) is 0 Å². The van der Waals surface area contributed by atoms with E-state index in [9.17, 15) is 4.79 Å². The van der Waals surface area contributed by atoms with Crippen LogP contribution in [0.2, 0.25) is 5.02 Å². The highest BCUT2D eigenvalue weighted by atomic mass is 35.5. The van der Waals surface area contributed by atoms with Crippen molar-refractivity contribution >= 4 is 34.2 Å². The van der Waals surface area contributed by atoms with Crippen LogP contribution in [-0.2, 0) is 0 Å². The van der Waals surface area contributed by atoms with E-state index in [0.29, 0.717) is 23.9 Å². The van der Waals surface area contributed by atoms with E-state index in [1.54, 1.807) is 30.5 Å². The molecule has 0 atom stereocenters. The highest BCUT2D eigenvalue weighted by molar-refractivity contribution is 6.33. The van der Waals surface area contributed by atoms with Gasteiger partial charge >= 0.3 is 6.03 Å². The van der Waals surface area contributed by atoms with Crippen LogP contribution in [0, 0.1) is 0 Å². The number of carbonyl (C=O) groups excluding carboxylic acids is 1. The molecule has 0 spiro atoms. The summed E-state index contributed by atoms with van der Waals surface area (Å²) < 4.78 is 5.64. The number of benzene rings is 2. The first-order valence-corrected chi connectivity index (χ1v) is 7.87. The van der Waals surface area contributed by atoms with Crippen LogP contribution >= 0.6 is 11.6 Å². The molecule has 0 radical (unpaired) electrons. The van der Waals surface area contributed by atoms with Gasteiger partial charge in [-0.1, -0.05) is 29.8 Å². The maximum Gasteiger partial charge on any atom is 0.319 e. The third-order valence-corrected chi connectivity index (χ3v) is 3.68. The Morgan fingerprint density at radius 3 is 2.88 bits per heavy atom. The summed E-state index contributed by atoms with van der Waals surface area (Å²) in [7, 11) is 0. The zero-order valence-corrected chi connectivity index (χ0v) is 13.6. The molecule has 1 heterocycles. The zero-order valence-electron chi connectivity index (χ0n) is 12.8. The van der Waals surface area contributed by atoms with Crippen molar-refractivity contribution in [1.82, 2.24) is 10.3 Å². The van der Waals surface area contributed by atoms with Gasteiger partial charge in [0.25, 0.3) is 0 Å². The van der Waals surface area contributed by atoms with Gasteiger partial charge in [0, 0.05) is 11.6 Å². The molecule has 0 bridgehead atoms. The minimum absolute atomic E-state index is 0.325. The Hall–Kier alpha value is -2.79. The van der Waals surface area contributed by atoms with Crippen LogP contribution in [0.5, 0.6) is 5.75 Å². The highest BCUT2D eigenvalue weighted by Gasteiger charge is 2.04. The zero-order chi connectivity index (χ0) is 16.8. The number of rotatable bonds is 5. The van der Waals surface area contributed by atoms with Gasteiger partial charge in [-0.05, 0) is 36.4 Å². The third-order valence-electron chi connectivity index (χ3n) is 3.35. The molecule has 0 unspecified atom stereocenters. The molecule has 122 valence electrons. The molecular weight excluding hydrogens is 326 g/mol. The number of anilines is 1. The van der Waals surface area contributed by atoms with Gasteiger partial charge in [-0.2, -0.15) is 0 Å². The Balaban J connectivity index is 1.46. The lowest BCUT2D eigenvalue weighted by Crippen LogP contribution is -2.32. The molecule has 2 aromatic carbocycles. The summed E-state index contributed by atoms with van der Waals surface area (Å²) in [5.74, 6) is 0.740. The lowest BCUT2D eigenvalue weighted by molar-refractivity contribution is 0.247. The number of hydrogen-bond donors (Lipinski definition) is 2. The molecule has 3 aromatic rings. The standard InChI is InChI=1S/C18H16ClN3O2/c19-15-5-1-2-6-17(15)22-18(23)21-10-11-24-14-7-8-16-13(12-14)4-3-9-20-16/h1-9,12H,10-11H2,(H2,21,22,23). The number of hydrogen-bond acceptors (Lipinski definition) is 3. The van der Waals surface area contributed by atoms with E-state index in [2.05, 4.69) is 15.6 Å². The summed E-state index contributed by atoms with van der Waals surface area (Å²) in [6, 6.07) is 16.3. The molecule has 0 aliphatic heterocycles. The maximum absolute atomic E-state index is 11.8. The first-order chi connectivity index (χ1) is 11.7. The van der Waals surface area contributed by atoms with Crippen molar-refractivity contribution < 1.29 is 9.53 Å². The number of nitrogens with one attached hydrogen (secondary N) is 2. The number of pyridine rings is 1. The first-order valence-electron chi connectivity index (χ1n) is 7.49. The topological polar surface area (TPSA) is 63.2 Å². The Labute approximate surface area is 144 Å². The second kappa shape index (κ2) is 7.66. The molecular formula is C18H16ClN3O2. The smallest absolute Gasteiger partial charge is 0.319 e. The Morgan fingerprint density at radius 2 is 2.00 bits per heavy atom. The van der Waals surface area contributed by atoms with Crippen LogP contribution in [0.15, 0.2) is 60.8 Å². The fourth-order valence-electron chi connectivity index (χ4n) is 2.21. The van der Waals surface area contributed by atoms with Gasteiger partial charge in [0.1, 0.15) is 12.4 Å². The summed E-state index contributed by atoms with van der Waals surface area (Å²) in [6.45, 7) is 0.739. The van der Waals surface area contributed by atoms with Crippen molar-refractivity contribution in [2.24, 2.45) is 0 Å². The van der Waals surface area contributed by atoms with Crippen LogP contribution in [0.1, 0.15) is 0 Å².